The number of aryl methyl sites for hydroxylation is 2. The van der Waals surface area contributed by atoms with Crippen molar-refractivity contribution in [1.82, 2.24) is 5.16 Å². The number of rotatable bonds is 5. The lowest BCUT2D eigenvalue weighted by Gasteiger charge is -2.07. The fourth-order valence-electron chi connectivity index (χ4n) is 2.30. The zero-order valence-electron chi connectivity index (χ0n) is 13.6. The van der Waals surface area contributed by atoms with Gasteiger partial charge in [0.2, 0.25) is 5.76 Å². The van der Waals surface area contributed by atoms with E-state index in [0.717, 1.165) is 22.4 Å². The van der Waals surface area contributed by atoms with E-state index in [2.05, 4.69) is 10.5 Å². The van der Waals surface area contributed by atoms with Crippen LogP contribution < -0.4 is 10.1 Å². The van der Waals surface area contributed by atoms with Crippen LogP contribution in [-0.2, 0) is 6.61 Å². The third kappa shape index (κ3) is 3.81. The minimum Gasteiger partial charge on any atom is -0.471 e. The summed E-state index contributed by atoms with van der Waals surface area (Å²) >= 11 is 0. The molecule has 3 aromatic rings. The van der Waals surface area contributed by atoms with Crippen molar-refractivity contribution in [1.29, 1.82) is 0 Å². The summed E-state index contributed by atoms with van der Waals surface area (Å²) in [5.41, 5.74) is 3.89. The molecule has 3 rings (SSSR count). The monoisotopic (exact) mass is 322 g/mol. The number of nitrogens with one attached hydrogen (secondary N) is 1. The Morgan fingerprint density at radius 3 is 2.67 bits per heavy atom. The highest BCUT2D eigenvalue weighted by Gasteiger charge is 2.15. The number of anilines is 1. The van der Waals surface area contributed by atoms with Crippen molar-refractivity contribution >= 4 is 11.6 Å². The Morgan fingerprint density at radius 1 is 1.12 bits per heavy atom. The van der Waals surface area contributed by atoms with E-state index in [0.29, 0.717) is 6.61 Å². The van der Waals surface area contributed by atoms with Gasteiger partial charge in [-0.15, -0.1) is 0 Å². The Labute approximate surface area is 140 Å². The normalized spacial score (nSPS) is 10.4. The standard InChI is InChI=1S/C19H18N2O3/c1-13-8-9-16(14(2)10-13)20-19(22)17-11-18(21-24-17)23-12-15-6-4-3-5-7-15/h3-11H,12H2,1-2H3,(H,20,22). The van der Waals surface area contributed by atoms with Crippen molar-refractivity contribution in [2.45, 2.75) is 20.5 Å². The van der Waals surface area contributed by atoms with Crippen LogP contribution in [0.5, 0.6) is 5.88 Å². The molecule has 5 heteroatoms. The highest BCUT2D eigenvalue weighted by molar-refractivity contribution is 6.02. The molecule has 122 valence electrons. The first-order chi connectivity index (χ1) is 11.6. The maximum absolute atomic E-state index is 12.2. The van der Waals surface area contributed by atoms with Gasteiger partial charge in [0.1, 0.15) is 6.61 Å². The summed E-state index contributed by atoms with van der Waals surface area (Å²) in [6.07, 6.45) is 0. The molecule has 0 saturated carbocycles. The molecule has 24 heavy (non-hydrogen) atoms. The SMILES string of the molecule is Cc1ccc(NC(=O)c2cc(OCc3ccccc3)no2)c(C)c1. The highest BCUT2D eigenvalue weighted by atomic mass is 16.5. The van der Waals surface area contributed by atoms with Gasteiger partial charge in [0.05, 0.1) is 6.07 Å². The zero-order valence-corrected chi connectivity index (χ0v) is 13.6. The maximum atomic E-state index is 12.2. The Bertz CT molecular complexity index is 841. The molecule has 0 aliphatic carbocycles. The average molecular weight is 322 g/mol. The van der Waals surface area contributed by atoms with Crippen LogP contribution in [0.4, 0.5) is 5.69 Å². The average Bonchev–Trinajstić information content (AvgIpc) is 3.05. The first kappa shape index (κ1) is 15.8. The van der Waals surface area contributed by atoms with Crippen molar-refractivity contribution in [3.8, 4) is 5.88 Å². The molecule has 0 saturated heterocycles. The van der Waals surface area contributed by atoms with Gasteiger partial charge in [0.15, 0.2) is 0 Å². The van der Waals surface area contributed by atoms with Gasteiger partial charge in [0, 0.05) is 5.69 Å². The molecular weight excluding hydrogens is 304 g/mol. The van der Waals surface area contributed by atoms with Gasteiger partial charge in [-0.25, -0.2) is 0 Å². The topological polar surface area (TPSA) is 64.4 Å². The lowest BCUT2D eigenvalue weighted by atomic mass is 10.1. The van der Waals surface area contributed by atoms with E-state index < -0.39 is 0 Å². The minimum atomic E-state index is -0.357. The molecule has 0 aliphatic rings. The van der Waals surface area contributed by atoms with Crippen molar-refractivity contribution in [3.63, 3.8) is 0 Å². The lowest BCUT2D eigenvalue weighted by molar-refractivity contribution is 0.0987. The van der Waals surface area contributed by atoms with Crippen LogP contribution in [0.15, 0.2) is 59.1 Å². The van der Waals surface area contributed by atoms with Gasteiger partial charge in [-0.3, -0.25) is 4.79 Å². The molecule has 0 bridgehead atoms. The fraction of sp³-hybridized carbons (Fsp3) is 0.158. The van der Waals surface area contributed by atoms with Crippen molar-refractivity contribution < 1.29 is 14.1 Å². The number of hydrogen-bond acceptors (Lipinski definition) is 4. The van der Waals surface area contributed by atoms with Crippen LogP contribution in [0.2, 0.25) is 0 Å². The maximum Gasteiger partial charge on any atom is 0.294 e. The quantitative estimate of drug-likeness (QED) is 0.767. The molecule has 0 aliphatic heterocycles. The summed E-state index contributed by atoms with van der Waals surface area (Å²) in [7, 11) is 0. The number of nitrogens with zero attached hydrogens (tertiary/aromatic N) is 1. The van der Waals surface area contributed by atoms with Gasteiger partial charge < -0.3 is 14.6 Å². The molecule has 0 unspecified atom stereocenters. The number of carbonyl (C=O) groups is 1. The van der Waals surface area contributed by atoms with E-state index >= 15 is 0 Å². The second-order valence-electron chi connectivity index (χ2n) is 5.58. The molecule has 0 fully saturated rings. The van der Waals surface area contributed by atoms with E-state index in [1.807, 2.05) is 62.4 Å². The van der Waals surface area contributed by atoms with Crippen LogP contribution in [-0.4, -0.2) is 11.1 Å². The molecule has 5 nitrogen and oxygen atoms in total. The number of carbonyl (C=O) groups excluding carboxylic acids is 1. The molecular formula is C19H18N2O3. The molecule has 1 N–H and O–H groups in total. The summed E-state index contributed by atoms with van der Waals surface area (Å²) < 4.78 is 10.6. The molecule has 0 spiro atoms. The zero-order chi connectivity index (χ0) is 16.9. The fourth-order valence-corrected chi connectivity index (χ4v) is 2.30. The summed E-state index contributed by atoms with van der Waals surface area (Å²) in [5.74, 6) is 0.0340. The van der Waals surface area contributed by atoms with E-state index in [9.17, 15) is 4.79 Å². The van der Waals surface area contributed by atoms with Crippen molar-refractivity contribution in [3.05, 3.63) is 77.0 Å². The van der Waals surface area contributed by atoms with Crippen LogP contribution in [0, 0.1) is 13.8 Å². The Morgan fingerprint density at radius 2 is 1.92 bits per heavy atom. The number of amides is 1. The first-order valence-corrected chi connectivity index (χ1v) is 7.64. The van der Waals surface area contributed by atoms with E-state index in [4.69, 9.17) is 9.26 Å². The van der Waals surface area contributed by atoms with Crippen LogP contribution in [0.25, 0.3) is 0 Å². The second kappa shape index (κ2) is 7.00. The summed E-state index contributed by atoms with van der Waals surface area (Å²) in [5, 5.41) is 6.59. The van der Waals surface area contributed by atoms with E-state index in [1.54, 1.807) is 0 Å². The van der Waals surface area contributed by atoms with Gasteiger partial charge in [-0.05, 0) is 36.2 Å². The van der Waals surface area contributed by atoms with Gasteiger partial charge in [0.25, 0.3) is 11.8 Å². The summed E-state index contributed by atoms with van der Waals surface area (Å²) in [4.78, 5) is 12.2. The van der Waals surface area contributed by atoms with Crippen LogP contribution >= 0.6 is 0 Å². The van der Waals surface area contributed by atoms with Crippen LogP contribution in [0.1, 0.15) is 27.2 Å². The molecule has 2 aromatic carbocycles. The third-order valence-electron chi connectivity index (χ3n) is 3.57. The molecule has 1 aromatic heterocycles. The Kier molecular flexibility index (Phi) is 4.61. The Balaban J connectivity index is 1.63. The number of benzene rings is 2. The van der Waals surface area contributed by atoms with E-state index in [-0.39, 0.29) is 17.5 Å². The van der Waals surface area contributed by atoms with Gasteiger partial charge in [-0.2, -0.15) is 0 Å². The van der Waals surface area contributed by atoms with E-state index in [1.165, 1.54) is 6.07 Å². The smallest absolute Gasteiger partial charge is 0.294 e. The van der Waals surface area contributed by atoms with Crippen LogP contribution in [0.3, 0.4) is 0 Å². The number of aromatic nitrogens is 1. The summed E-state index contributed by atoms with van der Waals surface area (Å²) in [6.45, 7) is 4.31. The molecule has 0 radical (unpaired) electrons. The minimum absolute atomic E-state index is 0.109. The van der Waals surface area contributed by atoms with Gasteiger partial charge >= 0.3 is 0 Å². The highest BCUT2D eigenvalue weighted by Crippen LogP contribution is 2.19. The number of hydrogen-bond donors (Lipinski definition) is 1. The molecule has 1 amide bonds. The first-order valence-electron chi connectivity index (χ1n) is 7.64. The predicted octanol–water partition coefficient (Wildman–Crippen LogP) is 4.12. The lowest BCUT2D eigenvalue weighted by Crippen LogP contribution is -2.11. The third-order valence-corrected chi connectivity index (χ3v) is 3.57. The Hall–Kier alpha value is -3.08. The second-order valence-corrected chi connectivity index (χ2v) is 5.58. The molecule has 0 atom stereocenters. The number of ether oxygens (including phenoxy) is 1. The van der Waals surface area contributed by atoms with Crippen molar-refractivity contribution in [2.24, 2.45) is 0 Å². The van der Waals surface area contributed by atoms with Gasteiger partial charge in [-0.1, -0.05) is 48.0 Å². The molecule has 1 heterocycles. The summed E-state index contributed by atoms with van der Waals surface area (Å²) in [6, 6.07) is 17.0. The largest absolute Gasteiger partial charge is 0.471 e. The van der Waals surface area contributed by atoms with Crippen molar-refractivity contribution in [2.75, 3.05) is 5.32 Å². The predicted molar refractivity (Wildman–Crippen MR) is 91.1 cm³/mol.